The summed E-state index contributed by atoms with van der Waals surface area (Å²) in [6, 6.07) is 13.9. The largest absolute Gasteiger partial charge is 0.497 e. The van der Waals surface area contributed by atoms with Crippen molar-refractivity contribution in [3.8, 4) is 5.75 Å². The predicted molar refractivity (Wildman–Crippen MR) is 115 cm³/mol. The fourth-order valence-electron chi connectivity index (χ4n) is 2.95. The Bertz CT molecular complexity index is 1010. The van der Waals surface area contributed by atoms with Crippen molar-refractivity contribution >= 4 is 17.5 Å². The third-order valence-electron chi connectivity index (χ3n) is 4.78. The van der Waals surface area contributed by atoms with Crippen LogP contribution in [-0.4, -0.2) is 28.5 Å². The van der Waals surface area contributed by atoms with Crippen LogP contribution in [0.5, 0.6) is 5.75 Å². The zero-order chi connectivity index (χ0) is 21.7. The van der Waals surface area contributed by atoms with E-state index in [1.165, 1.54) is 0 Å². The number of aromatic nitrogens is 2. The maximum Gasteiger partial charge on any atom is 0.252 e. The van der Waals surface area contributed by atoms with Gasteiger partial charge in [0, 0.05) is 36.6 Å². The van der Waals surface area contributed by atoms with Crippen LogP contribution in [0, 0.1) is 5.92 Å². The van der Waals surface area contributed by atoms with E-state index in [4.69, 9.17) is 4.74 Å². The number of nitrogens with one attached hydrogen (secondary N) is 2. The van der Waals surface area contributed by atoms with Gasteiger partial charge in [-0.1, -0.05) is 26.0 Å². The highest BCUT2D eigenvalue weighted by Crippen LogP contribution is 2.23. The summed E-state index contributed by atoms with van der Waals surface area (Å²) in [6.07, 6.45) is 3.54. The van der Waals surface area contributed by atoms with E-state index in [0.717, 1.165) is 11.3 Å². The molecule has 1 atom stereocenters. The van der Waals surface area contributed by atoms with Crippen molar-refractivity contribution in [1.29, 1.82) is 0 Å². The molecule has 0 fully saturated rings. The summed E-state index contributed by atoms with van der Waals surface area (Å²) >= 11 is 0. The molecule has 0 saturated carbocycles. The lowest BCUT2D eigenvalue weighted by atomic mass is 10.0. The topological polar surface area (TPSA) is 85.2 Å². The molecule has 1 unspecified atom stereocenters. The fourth-order valence-corrected chi connectivity index (χ4v) is 2.95. The highest BCUT2D eigenvalue weighted by molar-refractivity contribution is 5.96. The number of imidazole rings is 1. The molecule has 0 spiro atoms. The minimum atomic E-state index is -0.427. The number of hydrogen-bond donors (Lipinski definition) is 2. The number of rotatable bonds is 7. The Balaban J connectivity index is 1.81. The molecule has 3 rings (SSSR count). The van der Waals surface area contributed by atoms with Gasteiger partial charge in [0.05, 0.1) is 7.11 Å². The van der Waals surface area contributed by atoms with Crippen LogP contribution in [0.4, 0.5) is 5.69 Å². The van der Waals surface area contributed by atoms with Gasteiger partial charge in [-0.15, -0.1) is 0 Å². The van der Waals surface area contributed by atoms with E-state index >= 15 is 0 Å². The lowest BCUT2D eigenvalue weighted by Crippen LogP contribution is -2.31. The molecule has 1 heterocycles. The molecule has 7 heteroatoms. The van der Waals surface area contributed by atoms with Crippen LogP contribution in [0.2, 0.25) is 0 Å². The SMILES string of the molecule is COc1ccc(C(NC(=O)c2ccc(NC(=O)C(C)C)cc2)c2nccn2C)cc1. The monoisotopic (exact) mass is 406 g/mol. The fraction of sp³-hybridized carbons (Fsp3) is 0.261. The number of ether oxygens (including phenoxy) is 1. The third kappa shape index (κ3) is 4.86. The molecule has 2 amide bonds. The second kappa shape index (κ2) is 9.26. The molecule has 3 aromatic rings. The Morgan fingerprint density at radius 2 is 1.70 bits per heavy atom. The van der Waals surface area contributed by atoms with Crippen molar-refractivity contribution in [1.82, 2.24) is 14.9 Å². The van der Waals surface area contributed by atoms with Crippen LogP contribution in [0.25, 0.3) is 0 Å². The smallest absolute Gasteiger partial charge is 0.252 e. The molecule has 2 N–H and O–H groups in total. The number of anilines is 1. The number of aryl methyl sites for hydroxylation is 1. The molecule has 30 heavy (non-hydrogen) atoms. The summed E-state index contributed by atoms with van der Waals surface area (Å²) in [5.41, 5.74) is 2.03. The lowest BCUT2D eigenvalue weighted by molar-refractivity contribution is -0.118. The van der Waals surface area contributed by atoms with E-state index in [0.29, 0.717) is 17.1 Å². The molecular formula is C23H26N4O3. The van der Waals surface area contributed by atoms with Gasteiger partial charge < -0.3 is 19.9 Å². The van der Waals surface area contributed by atoms with Crippen LogP contribution in [-0.2, 0) is 11.8 Å². The first-order valence-electron chi connectivity index (χ1n) is 9.72. The van der Waals surface area contributed by atoms with E-state index in [1.807, 2.05) is 55.9 Å². The number of amides is 2. The number of carbonyl (C=O) groups excluding carboxylic acids is 2. The summed E-state index contributed by atoms with van der Waals surface area (Å²) in [5.74, 6) is 1.04. The second-order valence-electron chi connectivity index (χ2n) is 7.30. The maximum absolute atomic E-state index is 12.9. The summed E-state index contributed by atoms with van der Waals surface area (Å²) < 4.78 is 7.10. The van der Waals surface area contributed by atoms with Crippen LogP contribution in [0.15, 0.2) is 60.9 Å². The van der Waals surface area contributed by atoms with Gasteiger partial charge >= 0.3 is 0 Å². The normalized spacial score (nSPS) is 11.8. The lowest BCUT2D eigenvalue weighted by Gasteiger charge is -2.19. The van der Waals surface area contributed by atoms with Crippen LogP contribution >= 0.6 is 0 Å². The molecule has 0 aliphatic rings. The van der Waals surface area contributed by atoms with Crippen molar-refractivity contribution in [2.45, 2.75) is 19.9 Å². The van der Waals surface area contributed by atoms with Gasteiger partial charge in [-0.25, -0.2) is 4.98 Å². The second-order valence-corrected chi connectivity index (χ2v) is 7.30. The van der Waals surface area contributed by atoms with Crippen molar-refractivity contribution in [2.24, 2.45) is 13.0 Å². The predicted octanol–water partition coefficient (Wildman–Crippen LogP) is 3.54. The van der Waals surface area contributed by atoms with E-state index in [-0.39, 0.29) is 17.7 Å². The summed E-state index contributed by atoms with van der Waals surface area (Å²) in [6.45, 7) is 3.65. The Kier molecular flexibility index (Phi) is 6.51. The maximum atomic E-state index is 12.9. The Hall–Kier alpha value is -3.61. The highest BCUT2D eigenvalue weighted by Gasteiger charge is 2.21. The van der Waals surface area contributed by atoms with Gasteiger partial charge in [0.25, 0.3) is 5.91 Å². The quantitative estimate of drug-likeness (QED) is 0.628. The van der Waals surface area contributed by atoms with Gasteiger partial charge in [-0.05, 0) is 42.0 Å². The number of hydrogen-bond acceptors (Lipinski definition) is 4. The standard InChI is InChI=1S/C23H26N4O3/c1-15(2)22(28)25-18-9-5-17(6-10-18)23(29)26-20(21-24-13-14-27(21)3)16-7-11-19(30-4)12-8-16/h5-15,20H,1-4H3,(H,25,28)(H,26,29). The molecule has 0 radical (unpaired) electrons. The Morgan fingerprint density at radius 3 is 2.23 bits per heavy atom. The van der Waals surface area contributed by atoms with Gasteiger partial charge in [-0.2, -0.15) is 0 Å². The molecule has 0 bridgehead atoms. The minimum absolute atomic E-state index is 0.0680. The summed E-state index contributed by atoms with van der Waals surface area (Å²) in [7, 11) is 3.50. The van der Waals surface area contributed by atoms with Crippen LogP contribution in [0.3, 0.4) is 0 Å². The first kappa shape index (κ1) is 21.1. The van der Waals surface area contributed by atoms with Crippen molar-refractivity contribution in [2.75, 3.05) is 12.4 Å². The zero-order valence-electron chi connectivity index (χ0n) is 17.5. The molecule has 156 valence electrons. The first-order valence-corrected chi connectivity index (χ1v) is 9.72. The number of benzene rings is 2. The van der Waals surface area contributed by atoms with E-state index < -0.39 is 6.04 Å². The molecule has 7 nitrogen and oxygen atoms in total. The third-order valence-corrected chi connectivity index (χ3v) is 4.78. The number of methoxy groups -OCH3 is 1. The zero-order valence-corrected chi connectivity index (χ0v) is 17.5. The first-order chi connectivity index (χ1) is 14.4. The van der Waals surface area contributed by atoms with Gasteiger partial charge in [-0.3, -0.25) is 9.59 Å². The average molecular weight is 406 g/mol. The average Bonchev–Trinajstić information content (AvgIpc) is 3.18. The van der Waals surface area contributed by atoms with Gasteiger partial charge in [0.15, 0.2) is 0 Å². The molecular weight excluding hydrogens is 380 g/mol. The van der Waals surface area contributed by atoms with Crippen LogP contribution in [0.1, 0.15) is 41.6 Å². The van der Waals surface area contributed by atoms with Crippen molar-refractivity contribution in [3.05, 3.63) is 77.9 Å². The molecule has 1 aromatic heterocycles. The Labute approximate surface area is 176 Å². The van der Waals surface area contributed by atoms with E-state index in [9.17, 15) is 9.59 Å². The van der Waals surface area contributed by atoms with Gasteiger partial charge in [0.2, 0.25) is 5.91 Å². The Morgan fingerprint density at radius 1 is 1.03 bits per heavy atom. The number of carbonyl (C=O) groups is 2. The molecule has 0 saturated heterocycles. The van der Waals surface area contributed by atoms with Gasteiger partial charge in [0.1, 0.15) is 17.6 Å². The van der Waals surface area contributed by atoms with E-state index in [1.54, 1.807) is 37.6 Å². The molecule has 2 aromatic carbocycles. The minimum Gasteiger partial charge on any atom is -0.497 e. The molecule has 0 aliphatic carbocycles. The number of nitrogens with zero attached hydrogens (tertiary/aromatic N) is 2. The van der Waals surface area contributed by atoms with Crippen LogP contribution < -0.4 is 15.4 Å². The van der Waals surface area contributed by atoms with Crippen molar-refractivity contribution in [3.63, 3.8) is 0 Å². The van der Waals surface area contributed by atoms with Crippen molar-refractivity contribution < 1.29 is 14.3 Å². The molecule has 0 aliphatic heterocycles. The highest BCUT2D eigenvalue weighted by atomic mass is 16.5. The summed E-state index contributed by atoms with van der Waals surface area (Å²) in [5, 5.41) is 5.88. The summed E-state index contributed by atoms with van der Waals surface area (Å²) in [4.78, 5) is 29.2. The van der Waals surface area contributed by atoms with E-state index in [2.05, 4.69) is 15.6 Å².